The number of benzene rings is 2. The highest BCUT2D eigenvalue weighted by atomic mass is 16.5. The molecular weight excluding hydrogens is 338 g/mol. The molecule has 0 fully saturated rings. The van der Waals surface area contributed by atoms with Crippen LogP contribution in [0.4, 0.5) is 10.5 Å². The Hall–Kier alpha value is -3.21. The fraction of sp³-hybridized carbons (Fsp3) is 0.227. The Morgan fingerprint density at radius 1 is 1.04 bits per heavy atom. The van der Waals surface area contributed by atoms with Gasteiger partial charge >= 0.3 is 6.03 Å². The predicted octanol–water partition coefficient (Wildman–Crippen LogP) is 4.57. The number of nitrogens with zero attached hydrogens (tertiary/aromatic N) is 1. The Kier molecular flexibility index (Phi) is 6.15. The molecule has 0 bridgehead atoms. The van der Waals surface area contributed by atoms with Gasteiger partial charge in [-0.15, -0.1) is 0 Å². The number of ether oxygens (including phenoxy) is 1. The minimum atomic E-state index is -0.234. The molecule has 0 atom stereocenters. The van der Waals surface area contributed by atoms with E-state index in [9.17, 15) is 4.79 Å². The number of anilines is 1. The number of aromatic nitrogens is 1. The van der Waals surface area contributed by atoms with Crippen molar-refractivity contribution in [2.75, 3.05) is 11.9 Å². The van der Waals surface area contributed by atoms with E-state index in [0.29, 0.717) is 13.2 Å². The van der Waals surface area contributed by atoms with Crippen LogP contribution in [0.2, 0.25) is 0 Å². The van der Waals surface area contributed by atoms with Gasteiger partial charge in [0.2, 0.25) is 0 Å². The highest BCUT2D eigenvalue weighted by Crippen LogP contribution is 2.16. The fourth-order valence-corrected chi connectivity index (χ4v) is 2.88. The first-order valence-corrected chi connectivity index (χ1v) is 9.12. The lowest BCUT2D eigenvalue weighted by molar-refractivity contribution is 0.251. The zero-order chi connectivity index (χ0) is 19.1. The van der Waals surface area contributed by atoms with Gasteiger partial charge in [0.25, 0.3) is 0 Å². The molecule has 3 aromatic rings. The number of hydrogen-bond acceptors (Lipinski definition) is 2. The smallest absolute Gasteiger partial charge is 0.319 e. The normalized spacial score (nSPS) is 10.4. The molecule has 0 unspecified atom stereocenters. The van der Waals surface area contributed by atoms with Gasteiger partial charge in [-0.05, 0) is 61.4 Å². The maximum atomic E-state index is 12.2. The van der Waals surface area contributed by atoms with Crippen LogP contribution in [0.5, 0.6) is 5.75 Å². The summed E-state index contributed by atoms with van der Waals surface area (Å²) in [6.07, 6.45) is 2.04. The minimum absolute atomic E-state index is 0.234. The summed E-state index contributed by atoms with van der Waals surface area (Å²) in [4.78, 5) is 12.2. The van der Waals surface area contributed by atoms with Crippen LogP contribution in [0, 0.1) is 6.92 Å². The molecule has 0 saturated heterocycles. The van der Waals surface area contributed by atoms with E-state index in [0.717, 1.165) is 23.7 Å². The molecule has 5 heteroatoms. The van der Waals surface area contributed by atoms with E-state index in [1.165, 1.54) is 11.1 Å². The largest absolute Gasteiger partial charge is 0.494 e. The van der Waals surface area contributed by atoms with Gasteiger partial charge in [0.05, 0.1) is 13.2 Å². The lowest BCUT2D eigenvalue weighted by atomic mass is 10.1. The van der Waals surface area contributed by atoms with Crippen molar-refractivity contribution in [1.82, 2.24) is 9.88 Å². The highest BCUT2D eigenvalue weighted by Gasteiger charge is 2.06. The zero-order valence-corrected chi connectivity index (χ0v) is 15.7. The molecule has 2 N–H and O–H groups in total. The Morgan fingerprint density at radius 3 is 2.56 bits per heavy atom. The van der Waals surface area contributed by atoms with Crippen LogP contribution in [0.3, 0.4) is 0 Å². The summed E-state index contributed by atoms with van der Waals surface area (Å²) in [5, 5.41) is 5.75. The lowest BCUT2D eigenvalue weighted by Gasteiger charge is -2.13. The lowest BCUT2D eigenvalue weighted by Crippen LogP contribution is -2.29. The number of carbonyl (C=O) groups is 1. The van der Waals surface area contributed by atoms with Crippen LogP contribution in [-0.4, -0.2) is 17.2 Å². The summed E-state index contributed by atoms with van der Waals surface area (Å²) in [6.45, 7) is 5.92. The number of nitrogens with one attached hydrogen (secondary N) is 2. The van der Waals surface area contributed by atoms with E-state index in [4.69, 9.17) is 4.74 Å². The summed E-state index contributed by atoms with van der Waals surface area (Å²) >= 11 is 0. The van der Waals surface area contributed by atoms with Crippen LogP contribution in [0.1, 0.15) is 23.7 Å². The van der Waals surface area contributed by atoms with E-state index < -0.39 is 0 Å². The second-order valence-electron chi connectivity index (χ2n) is 6.32. The molecule has 0 spiro atoms. The highest BCUT2D eigenvalue weighted by molar-refractivity contribution is 5.89. The topological polar surface area (TPSA) is 55.3 Å². The summed E-state index contributed by atoms with van der Waals surface area (Å²) < 4.78 is 7.55. The number of hydrogen-bond donors (Lipinski definition) is 2. The maximum Gasteiger partial charge on any atom is 0.319 e. The zero-order valence-electron chi connectivity index (χ0n) is 15.7. The molecule has 3 rings (SSSR count). The van der Waals surface area contributed by atoms with Gasteiger partial charge in [-0.1, -0.05) is 24.3 Å². The van der Waals surface area contributed by atoms with Gasteiger partial charge < -0.3 is 19.9 Å². The third-order valence-corrected chi connectivity index (χ3v) is 4.38. The number of urea groups is 1. The average Bonchev–Trinajstić information content (AvgIpc) is 3.11. The standard InChI is InChI=1S/C22H25N3O2/c1-3-27-21-12-10-19(11-13-21)24-22(26)23-15-20-9-6-14-25(20)16-18-8-5-4-7-17(18)2/h4-14H,3,15-16H2,1-2H3,(H2,23,24,26). The number of rotatable bonds is 7. The number of amides is 2. The molecule has 5 nitrogen and oxygen atoms in total. The Balaban J connectivity index is 1.55. The average molecular weight is 363 g/mol. The third-order valence-electron chi connectivity index (χ3n) is 4.38. The molecule has 0 radical (unpaired) electrons. The van der Waals surface area contributed by atoms with Crippen LogP contribution < -0.4 is 15.4 Å². The van der Waals surface area contributed by atoms with Crippen molar-refractivity contribution in [1.29, 1.82) is 0 Å². The first-order chi connectivity index (χ1) is 13.2. The molecule has 140 valence electrons. The van der Waals surface area contributed by atoms with Gasteiger partial charge in [-0.3, -0.25) is 0 Å². The second kappa shape index (κ2) is 8.94. The molecule has 1 aromatic heterocycles. The van der Waals surface area contributed by atoms with E-state index in [-0.39, 0.29) is 6.03 Å². The van der Waals surface area contributed by atoms with Gasteiger partial charge in [-0.25, -0.2) is 4.79 Å². The molecule has 0 aliphatic carbocycles. The van der Waals surface area contributed by atoms with E-state index in [1.54, 1.807) is 0 Å². The minimum Gasteiger partial charge on any atom is -0.494 e. The summed E-state index contributed by atoms with van der Waals surface area (Å²) in [5.74, 6) is 0.789. The van der Waals surface area contributed by atoms with Crippen molar-refractivity contribution < 1.29 is 9.53 Å². The van der Waals surface area contributed by atoms with Crippen molar-refractivity contribution in [3.63, 3.8) is 0 Å². The first-order valence-electron chi connectivity index (χ1n) is 9.12. The Morgan fingerprint density at radius 2 is 1.81 bits per heavy atom. The molecule has 2 aromatic carbocycles. The fourth-order valence-electron chi connectivity index (χ4n) is 2.88. The van der Waals surface area contributed by atoms with Crippen molar-refractivity contribution in [3.05, 3.63) is 83.7 Å². The van der Waals surface area contributed by atoms with Gasteiger partial charge in [-0.2, -0.15) is 0 Å². The molecule has 0 aliphatic rings. The summed E-state index contributed by atoms with van der Waals surface area (Å²) in [5.41, 5.74) is 4.32. The quantitative estimate of drug-likeness (QED) is 0.646. The van der Waals surface area contributed by atoms with Crippen molar-refractivity contribution in [2.45, 2.75) is 26.9 Å². The molecular formula is C22H25N3O2. The van der Waals surface area contributed by atoms with Gasteiger partial charge in [0.15, 0.2) is 0 Å². The van der Waals surface area contributed by atoms with Crippen molar-refractivity contribution >= 4 is 11.7 Å². The van der Waals surface area contributed by atoms with Crippen LogP contribution in [0.15, 0.2) is 66.9 Å². The van der Waals surface area contributed by atoms with Crippen molar-refractivity contribution in [3.8, 4) is 5.75 Å². The molecule has 27 heavy (non-hydrogen) atoms. The number of aryl methyl sites for hydroxylation is 1. The van der Waals surface area contributed by atoms with Gasteiger partial charge in [0.1, 0.15) is 5.75 Å². The van der Waals surface area contributed by atoms with E-state index in [1.807, 2.05) is 61.7 Å². The van der Waals surface area contributed by atoms with Crippen LogP contribution in [0.25, 0.3) is 0 Å². The Bertz CT molecular complexity index is 885. The molecule has 0 aliphatic heterocycles. The molecule has 2 amide bonds. The van der Waals surface area contributed by atoms with E-state index in [2.05, 4.69) is 34.3 Å². The third kappa shape index (κ3) is 5.14. The first kappa shape index (κ1) is 18.6. The Labute approximate surface area is 160 Å². The van der Waals surface area contributed by atoms with E-state index >= 15 is 0 Å². The van der Waals surface area contributed by atoms with Crippen LogP contribution in [-0.2, 0) is 13.1 Å². The van der Waals surface area contributed by atoms with Gasteiger partial charge in [0, 0.05) is 24.1 Å². The summed E-state index contributed by atoms with van der Waals surface area (Å²) in [6, 6.07) is 19.5. The predicted molar refractivity (Wildman–Crippen MR) is 108 cm³/mol. The number of carbonyl (C=O) groups excluding carboxylic acids is 1. The second-order valence-corrected chi connectivity index (χ2v) is 6.32. The van der Waals surface area contributed by atoms with Crippen LogP contribution >= 0.6 is 0 Å². The monoisotopic (exact) mass is 363 g/mol. The summed E-state index contributed by atoms with van der Waals surface area (Å²) in [7, 11) is 0. The maximum absolute atomic E-state index is 12.2. The van der Waals surface area contributed by atoms with Crippen molar-refractivity contribution in [2.24, 2.45) is 0 Å². The SMILES string of the molecule is CCOc1ccc(NC(=O)NCc2cccn2Cc2ccccc2C)cc1. The molecule has 1 heterocycles. The molecule has 0 saturated carbocycles.